The maximum Gasteiger partial charge on any atom is 0.230 e. The van der Waals surface area contributed by atoms with Crippen LogP contribution >= 0.6 is 0 Å². The Morgan fingerprint density at radius 2 is 1.70 bits per heavy atom. The highest BCUT2D eigenvalue weighted by Crippen LogP contribution is 2.36. The normalized spacial score (nSPS) is 20.0. The van der Waals surface area contributed by atoms with E-state index in [0.29, 0.717) is 5.71 Å². The number of hydrogen-bond acceptors (Lipinski definition) is 3. The number of benzene rings is 2. The first-order valence-corrected chi connectivity index (χ1v) is 7.65. The molecule has 0 radical (unpaired) electrons. The minimum absolute atomic E-state index is 0.422. The molecule has 0 bridgehead atoms. The van der Waals surface area contributed by atoms with Crippen LogP contribution in [0.1, 0.15) is 33.9 Å². The Kier molecular flexibility index (Phi) is 3.90. The molecule has 3 rings (SSSR count). The highest BCUT2D eigenvalue weighted by Gasteiger charge is 2.41. The number of rotatable bonds is 3. The van der Waals surface area contributed by atoms with E-state index in [2.05, 4.69) is 24.2 Å². The SMILES string of the molecule is Cc1cc(C)c(C2=NO[C@H](c3ccccc3)[C@H]2C(N)=O)c(C)c1. The lowest BCUT2D eigenvalue weighted by Crippen LogP contribution is -2.33. The Morgan fingerprint density at radius 3 is 2.26 bits per heavy atom. The molecule has 0 saturated carbocycles. The summed E-state index contributed by atoms with van der Waals surface area (Å²) < 4.78 is 0. The van der Waals surface area contributed by atoms with Crippen molar-refractivity contribution >= 4 is 11.6 Å². The molecule has 0 unspecified atom stereocenters. The topological polar surface area (TPSA) is 64.7 Å². The van der Waals surface area contributed by atoms with Gasteiger partial charge in [-0.25, -0.2) is 0 Å². The van der Waals surface area contributed by atoms with Gasteiger partial charge in [0, 0.05) is 5.56 Å². The first-order chi connectivity index (χ1) is 11.0. The first kappa shape index (κ1) is 15.3. The molecule has 118 valence electrons. The Hall–Kier alpha value is -2.62. The third-order valence-corrected chi connectivity index (χ3v) is 4.23. The monoisotopic (exact) mass is 308 g/mol. The molecule has 1 amide bonds. The van der Waals surface area contributed by atoms with Crippen LogP contribution in [-0.2, 0) is 9.63 Å². The molecule has 1 aliphatic rings. The standard InChI is InChI=1S/C19H20N2O2/c1-11-9-12(2)15(13(3)10-11)17-16(19(20)22)18(23-21-17)14-7-5-4-6-8-14/h4-10,16,18H,1-3H3,(H2,20,22)/t16-,18+/m0/s1. The number of carbonyl (C=O) groups excluding carboxylic acids is 1. The van der Waals surface area contributed by atoms with Crippen LogP contribution in [0.15, 0.2) is 47.6 Å². The highest BCUT2D eigenvalue weighted by molar-refractivity contribution is 6.15. The second-order valence-electron chi connectivity index (χ2n) is 6.07. The zero-order valence-corrected chi connectivity index (χ0v) is 13.5. The van der Waals surface area contributed by atoms with Crippen LogP contribution < -0.4 is 5.73 Å². The number of nitrogens with zero attached hydrogens (tertiary/aromatic N) is 1. The lowest BCUT2D eigenvalue weighted by atomic mass is 9.84. The van der Waals surface area contributed by atoms with E-state index in [0.717, 1.165) is 22.3 Å². The van der Waals surface area contributed by atoms with Gasteiger partial charge in [0.1, 0.15) is 11.6 Å². The summed E-state index contributed by atoms with van der Waals surface area (Å²) in [5.41, 5.74) is 11.5. The van der Waals surface area contributed by atoms with Crippen molar-refractivity contribution in [3.8, 4) is 0 Å². The zero-order valence-electron chi connectivity index (χ0n) is 13.5. The van der Waals surface area contributed by atoms with Gasteiger partial charge in [-0.3, -0.25) is 4.79 Å². The van der Waals surface area contributed by atoms with E-state index >= 15 is 0 Å². The quantitative estimate of drug-likeness (QED) is 0.946. The number of aryl methyl sites for hydroxylation is 3. The van der Waals surface area contributed by atoms with E-state index < -0.39 is 17.9 Å². The largest absolute Gasteiger partial charge is 0.386 e. The fraction of sp³-hybridized carbons (Fsp3) is 0.263. The van der Waals surface area contributed by atoms with Gasteiger partial charge in [-0.15, -0.1) is 0 Å². The maximum atomic E-state index is 12.1. The summed E-state index contributed by atoms with van der Waals surface area (Å²) in [6.45, 7) is 6.09. The van der Waals surface area contributed by atoms with Crippen molar-refractivity contribution < 1.29 is 9.63 Å². The van der Waals surface area contributed by atoms with Crippen molar-refractivity contribution in [3.05, 3.63) is 70.3 Å². The summed E-state index contributed by atoms with van der Waals surface area (Å²) in [5.74, 6) is -1.01. The summed E-state index contributed by atoms with van der Waals surface area (Å²) >= 11 is 0. The molecule has 0 spiro atoms. The Morgan fingerprint density at radius 1 is 1.09 bits per heavy atom. The number of amides is 1. The molecular formula is C19H20N2O2. The van der Waals surface area contributed by atoms with Crippen LogP contribution in [0, 0.1) is 26.7 Å². The Labute approximate surface area is 136 Å². The number of oxime groups is 1. The number of primary amides is 1. The molecule has 23 heavy (non-hydrogen) atoms. The van der Waals surface area contributed by atoms with Crippen molar-refractivity contribution in [1.29, 1.82) is 0 Å². The van der Waals surface area contributed by atoms with E-state index in [1.165, 1.54) is 5.56 Å². The number of nitrogens with two attached hydrogens (primary N) is 1. The predicted molar refractivity (Wildman–Crippen MR) is 90.1 cm³/mol. The first-order valence-electron chi connectivity index (χ1n) is 7.65. The molecule has 2 atom stereocenters. The minimum Gasteiger partial charge on any atom is -0.386 e. The molecule has 0 aromatic heterocycles. The fourth-order valence-electron chi connectivity index (χ4n) is 3.34. The lowest BCUT2D eigenvalue weighted by Gasteiger charge is -2.18. The second-order valence-corrected chi connectivity index (χ2v) is 6.07. The highest BCUT2D eigenvalue weighted by atomic mass is 16.6. The van der Waals surface area contributed by atoms with Crippen LogP contribution in [-0.4, -0.2) is 11.6 Å². The van der Waals surface area contributed by atoms with Crippen molar-refractivity contribution in [1.82, 2.24) is 0 Å². The maximum absolute atomic E-state index is 12.1. The third kappa shape index (κ3) is 2.72. The number of hydrogen-bond donors (Lipinski definition) is 1. The molecular weight excluding hydrogens is 288 g/mol. The molecule has 0 aliphatic carbocycles. The van der Waals surface area contributed by atoms with Crippen molar-refractivity contribution in [2.75, 3.05) is 0 Å². The molecule has 0 fully saturated rings. The summed E-state index contributed by atoms with van der Waals surface area (Å²) in [6.07, 6.45) is -0.469. The van der Waals surface area contributed by atoms with E-state index in [1.54, 1.807) is 0 Å². The van der Waals surface area contributed by atoms with Crippen LogP contribution in [0.3, 0.4) is 0 Å². The van der Waals surface area contributed by atoms with E-state index in [1.807, 2.05) is 44.2 Å². The second kappa shape index (κ2) is 5.88. The van der Waals surface area contributed by atoms with Gasteiger partial charge in [0.05, 0.1) is 0 Å². The Bertz CT molecular complexity index is 758. The van der Waals surface area contributed by atoms with E-state index in [-0.39, 0.29) is 0 Å². The third-order valence-electron chi connectivity index (χ3n) is 4.23. The van der Waals surface area contributed by atoms with Gasteiger partial charge in [-0.05, 0) is 37.5 Å². The lowest BCUT2D eigenvalue weighted by molar-refractivity contribution is -0.122. The Balaban J connectivity index is 2.06. The molecule has 1 heterocycles. The predicted octanol–water partition coefficient (Wildman–Crippen LogP) is 3.19. The van der Waals surface area contributed by atoms with Crippen LogP contribution in [0.25, 0.3) is 0 Å². The van der Waals surface area contributed by atoms with Gasteiger partial charge in [-0.2, -0.15) is 0 Å². The molecule has 2 aromatic rings. The zero-order chi connectivity index (χ0) is 16.6. The molecule has 4 heteroatoms. The molecule has 0 saturated heterocycles. The summed E-state index contributed by atoms with van der Waals surface area (Å²) in [5, 5.41) is 4.23. The average molecular weight is 308 g/mol. The molecule has 2 N–H and O–H groups in total. The van der Waals surface area contributed by atoms with Gasteiger partial charge >= 0.3 is 0 Å². The van der Waals surface area contributed by atoms with E-state index in [4.69, 9.17) is 10.6 Å². The summed E-state index contributed by atoms with van der Waals surface area (Å²) in [4.78, 5) is 17.7. The summed E-state index contributed by atoms with van der Waals surface area (Å²) in [7, 11) is 0. The van der Waals surface area contributed by atoms with E-state index in [9.17, 15) is 4.79 Å². The summed E-state index contributed by atoms with van der Waals surface area (Å²) in [6, 6.07) is 13.8. The minimum atomic E-state index is -0.586. The van der Waals surface area contributed by atoms with Crippen LogP contribution in [0.4, 0.5) is 0 Å². The van der Waals surface area contributed by atoms with Gasteiger partial charge in [0.25, 0.3) is 0 Å². The molecule has 2 aromatic carbocycles. The van der Waals surface area contributed by atoms with Gasteiger partial charge in [-0.1, -0.05) is 53.2 Å². The number of carbonyl (C=O) groups is 1. The smallest absolute Gasteiger partial charge is 0.230 e. The van der Waals surface area contributed by atoms with Crippen molar-refractivity contribution in [3.63, 3.8) is 0 Å². The van der Waals surface area contributed by atoms with Gasteiger partial charge in [0.15, 0.2) is 6.10 Å². The van der Waals surface area contributed by atoms with Crippen molar-refractivity contribution in [2.45, 2.75) is 26.9 Å². The van der Waals surface area contributed by atoms with Crippen LogP contribution in [0.5, 0.6) is 0 Å². The average Bonchev–Trinajstić information content (AvgIpc) is 2.92. The van der Waals surface area contributed by atoms with Crippen LogP contribution in [0.2, 0.25) is 0 Å². The molecule has 1 aliphatic heterocycles. The fourth-order valence-corrected chi connectivity index (χ4v) is 3.34. The van der Waals surface area contributed by atoms with Crippen molar-refractivity contribution in [2.24, 2.45) is 16.8 Å². The van der Waals surface area contributed by atoms with Gasteiger partial charge in [0.2, 0.25) is 5.91 Å². The molecule has 4 nitrogen and oxygen atoms in total. The van der Waals surface area contributed by atoms with Gasteiger partial charge < -0.3 is 10.6 Å².